The van der Waals surface area contributed by atoms with Gasteiger partial charge in [-0.05, 0) is 20.6 Å². The molecule has 0 aliphatic carbocycles. The van der Waals surface area contributed by atoms with Crippen LogP contribution in [0.25, 0.3) is 0 Å². The van der Waals surface area contributed by atoms with E-state index in [1.807, 2.05) is 45.0 Å². The molecular formula is C12H19ClN2. The molecule has 0 N–H and O–H groups in total. The molecule has 0 aromatic rings. The summed E-state index contributed by atoms with van der Waals surface area (Å²) in [6, 6.07) is 0. The molecular weight excluding hydrogens is 208 g/mol. The van der Waals surface area contributed by atoms with Crippen LogP contribution in [0.15, 0.2) is 40.7 Å². The van der Waals surface area contributed by atoms with Crippen molar-refractivity contribution in [3.8, 4) is 0 Å². The Morgan fingerprint density at radius 3 is 2.33 bits per heavy atom. The van der Waals surface area contributed by atoms with Crippen LogP contribution < -0.4 is 0 Å². The quantitative estimate of drug-likeness (QED) is 0.399. The van der Waals surface area contributed by atoms with Crippen molar-refractivity contribution >= 4 is 18.3 Å². The standard InChI is InChI=1S/C12H19ClN2/c1-9(13)7-8-12(10(2)14-4)11(3)15(5)6/h7-9H,3-4H2,1-2,5-6H3/b8-7-,12-10-. The van der Waals surface area contributed by atoms with Gasteiger partial charge in [-0.15, -0.1) is 11.6 Å². The lowest BCUT2D eigenvalue weighted by molar-refractivity contribution is 0.525. The van der Waals surface area contributed by atoms with Gasteiger partial charge in [0.25, 0.3) is 0 Å². The normalized spacial score (nSPS) is 14.7. The molecule has 3 heteroatoms. The van der Waals surface area contributed by atoms with E-state index < -0.39 is 0 Å². The van der Waals surface area contributed by atoms with Gasteiger partial charge in [0.15, 0.2) is 0 Å². The Morgan fingerprint density at radius 2 is 2.00 bits per heavy atom. The summed E-state index contributed by atoms with van der Waals surface area (Å²) < 4.78 is 0. The van der Waals surface area contributed by atoms with Gasteiger partial charge in [0.05, 0.1) is 0 Å². The highest BCUT2D eigenvalue weighted by Gasteiger charge is 2.05. The fraction of sp³-hybridized carbons (Fsp3) is 0.417. The highest BCUT2D eigenvalue weighted by molar-refractivity contribution is 6.21. The maximum absolute atomic E-state index is 5.86. The molecule has 0 radical (unpaired) electrons. The smallest absolute Gasteiger partial charge is 0.0491 e. The topological polar surface area (TPSA) is 15.6 Å². The SMILES string of the molecule is C=N/C(C)=C(/C=C\C(C)Cl)C(=C)N(C)C. The van der Waals surface area contributed by atoms with Crippen LogP contribution in [0.3, 0.4) is 0 Å². The third-order valence-electron chi connectivity index (χ3n) is 2.01. The molecule has 1 unspecified atom stereocenters. The minimum atomic E-state index is -0.00687. The first kappa shape index (κ1) is 14.0. The van der Waals surface area contributed by atoms with Gasteiger partial charge in [-0.25, -0.2) is 0 Å². The van der Waals surface area contributed by atoms with Crippen molar-refractivity contribution in [3.05, 3.63) is 35.7 Å². The van der Waals surface area contributed by atoms with Crippen LogP contribution in [0.1, 0.15) is 13.8 Å². The average molecular weight is 227 g/mol. The Morgan fingerprint density at radius 1 is 1.47 bits per heavy atom. The molecule has 0 bridgehead atoms. The minimum Gasteiger partial charge on any atom is -0.378 e. The van der Waals surface area contributed by atoms with E-state index in [1.54, 1.807) is 0 Å². The number of rotatable bonds is 5. The number of likely N-dealkylation sites (N-methyl/N-ethyl adjacent to an activating group) is 1. The van der Waals surface area contributed by atoms with E-state index in [4.69, 9.17) is 11.6 Å². The number of hydrogen-bond acceptors (Lipinski definition) is 2. The minimum absolute atomic E-state index is 0.00687. The molecule has 0 heterocycles. The van der Waals surface area contributed by atoms with Gasteiger partial charge in [0.2, 0.25) is 0 Å². The van der Waals surface area contributed by atoms with Gasteiger partial charge in [-0.3, -0.25) is 4.99 Å². The summed E-state index contributed by atoms with van der Waals surface area (Å²) in [5, 5.41) is -0.00687. The average Bonchev–Trinajstić information content (AvgIpc) is 2.16. The molecule has 0 spiro atoms. The van der Waals surface area contributed by atoms with E-state index in [-0.39, 0.29) is 5.38 Å². The fourth-order valence-corrected chi connectivity index (χ4v) is 1.05. The van der Waals surface area contributed by atoms with Crippen LogP contribution in [-0.4, -0.2) is 31.1 Å². The second-order valence-corrected chi connectivity index (χ2v) is 4.22. The van der Waals surface area contributed by atoms with Gasteiger partial charge >= 0.3 is 0 Å². The summed E-state index contributed by atoms with van der Waals surface area (Å²) in [5.74, 6) is 0. The van der Waals surface area contributed by atoms with Crippen LogP contribution in [0.5, 0.6) is 0 Å². The number of halogens is 1. The van der Waals surface area contributed by atoms with Crippen LogP contribution in [0.4, 0.5) is 0 Å². The molecule has 0 rings (SSSR count). The van der Waals surface area contributed by atoms with Crippen LogP contribution in [0.2, 0.25) is 0 Å². The van der Waals surface area contributed by atoms with E-state index in [2.05, 4.69) is 18.3 Å². The number of alkyl halides is 1. The first-order chi connectivity index (χ1) is 6.90. The lowest BCUT2D eigenvalue weighted by Crippen LogP contribution is -2.12. The Bertz CT molecular complexity index is 299. The van der Waals surface area contributed by atoms with Crippen molar-refractivity contribution in [1.82, 2.24) is 4.90 Å². The van der Waals surface area contributed by atoms with Crippen LogP contribution in [-0.2, 0) is 0 Å². The molecule has 0 aromatic carbocycles. The van der Waals surface area contributed by atoms with Crippen molar-refractivity contribution in [2.24, 2.45) is 4.99 Å². The second kappa shape index (κ2) is 6.46. The first-order valence-electron chi connectivity index (χ1n) is 4.76. The summed E-state index contributed by atoms with van der Waals surface area (Å²) in [7, 11) is 3.88. The zero-order chi connectivity index (χ0) is 12.0. The van der Waals surface area contributed by atoms with Crippen molar-refractivity contribution in [2.45, 2.75) is 19.2 Å². The van der Waals surface area contributed by atoms with Crippen molar-refractivity contribution in [2.75, 3.05) is 14.1 Å². The third-order valence-corrected chi connectivity index (χ3v) is 2.15. The van der Waals surface area contributed by atoms with E-state index in [0.29, 0.717) is 0 Å². The van der Waals surface area contributed by atoms with Gasteiger partial charge < -0.3 is 4.90 Å². The van der Waals surface area contributed by atoms with E-state index in [9.17, 15) is 0 Å². The predicted molar refractivity (Wildman–Crippen MR) is 69.5 cm³/mol. The summed E-state index contributed by atoms with van der Waals surface area (Å²) in [5.41, 5.74) is 2.71. The molecule has 84 valence electrons. The highest BCUT2D eigenvalue weighted by Crippen LogP contribution is 2.18. The maximum Gasteiger partial charge on any atom is 0.0491 e. The maximum atomic E-state index is 5.86. The Balaban J connectivity index is 5.09. The Kier molecular flexibility index (Phi) is 6.02. The molecule has 0 saturated heterocycles. The molecule has 0 saturated carbocycles. The van der Waals surface area contributed by atoms with Gasteiger partial charge in [0, 0.05) is 36.4 Å². The van der Waals surface area contributed by atoms with Crippen LogP contribution in [0, 0.1) is 0 Å². The number of nitrogens with zero attached hydrogens (tertiary/aromatic N) is 2. The van der Waals surface area contributed by atoms with Gasteiger partial charge in [-0.1, -0.05) is 18.7 Å². The third kappa shape index (κ3) is 4.84. The Labute approximate surface area is 97.6 Å². The van der Waals surface area contributed by atoms with Crippen molar-refractivity contribution in [1.29, 1.82) is 0 Å². The highest BCUT2D eigenvalue weighted by atomic mass is 35.5. The molecule has 0 aromatic heterocycles. The number of allylic oxidation sites excluding steroid dienone is 3. The van der Waals surface area contributed by atoms with E-state index in [0.717, 1.165) is 17.0 Å². The van der Waals surface area contributed by atoms with E-state index >= 15 is 0 Å². The van der Waals surface area contributed by atoms with E-state index in [1.165, 1.54) is 0 Å². The molecule has 15 heavy (non-hydrogen) atoms. The number of hydrogen-bond donors (Lipinski definition) is 0. The lowest BCUT2D eigenvalue weighted by Gasteiger charge is -2.17. The summed E-state index contributed by atoms with van der Waals surface area (Å²) >= 11 is 5.86. The molecule has 0 aliphatic heterocycles. The summed E-state index contributed by atoms with van der Waals surface area (Å²) in [6.45, 7) is 11.3. The number of aliphatic imine (C=N–C) groups is 1. The molecule has 0 fully saturated rings. The predicted octanol–water partition coefficient (Wildman–Crippen LogP) is 3.22. The van der Waals surface area contributed by atoms with Crippen molar-refractivity contribution < 1.29 is 0 Å². The molecule has 0 amide bonds. The van der Waals surface area contributed by atoms with Crippen LogP contribution >= 0.6 is 11.6 Å². The van der Waals surface area contributed by atoms with Gasteiger partial charge in [0.1, 0.15) is 0 Å². The Hall–Kier alpha value is -1.02. The molecule has 2 nitrogen and oxygen atoms in total. The van der Waals surface area contributed by atoms with Crippen molar-refractivity contribution in [3.63, 3.8) is 0 Å². The zero-order valence-electron chi connectivity index (χ0n) is 9.92. The molecule has 0 aliphatic rings. The largest absolute Gasteiger partial charge is 0.378 e. The fourth-order valence-electron chi connectivity index (χ4n) is 0.981. The van der Waals surface area contributed by atoms with Gasteiger partial charge in [-0.2, -0.15) is 0 Å². The first-order valence-corrected chi connectivity index (χ1v) is 5.20. The lowest BCUT2D eigenvalue weighted by atomic mass is 10.1. The summed E-state index contributed by atoms with van der Waals surface area (Å²) in [4.78, 5) is 5.86. The summed E-state index contributed by atoms with van der Waals surface area (Å²) in [6.07, 6.45) is 3.84. The zero-order valence-corrected chi connectivity index (χ0v) is 10.7. The molecule has 1 atom stereocenters. The monoisotopic (exact) mass is 226 g/mol. The second-order valence-electron chi connectivity index (χ2n) is 3.53.